The molecule has 1 atom stereocenters. The summed E-state index contributed by atoms with van der Waals surface area (Å²) in [5.74, 6) is 1.70. The van der Waals surface area contributed by atoms with Gasteiger partial charge in [0.05, 0.1) is 0 Å². The van der Waals surface area contributed by atoms with Crippen molar-refractivity contribution in [3.8, 4) is 0 Å². The number of hydrogen-bond donors (Lipinski definition) is 1. The topological polar surface area (TPSA) is 29.3 Å². The summed E-state index contributed by atoms with van der Waals surface area (Å²) in [6.45, 7) is 6.67. The van der Waals surface area contributed by atoms with Crippen LogP contribution in [0.25, 0.3) is 0 Å². The zero-order chi connectivity index (χ0) is 12.7. The average molecular weight is 240 g/mol. The molecule has 102 valence electrons. The molecule has 1 rings (SSSR count). The molecule has 0 heterocycles. The minimum absolute atomic E-state index is 0.590. The molecule has 0 radical (unpaired) electrons. The van der Waals surface area contributed by atoms with Crippen LogP contribution in [-0.2, 0) is 0 Å². The lowest BCUT2D eigenvalue weighted by Crippen LogP contribution is -2.45. The van der Waals surface area contributed by atoms with Crippen LogP contribution in [0.1, 0.15) is 58.8 Å². The maximum atomic E-state index is 5.99. The molecule has 1 saturated carbocycles. The van der Waals surface area contributed by atoms with E-state index in [2.05, 4.69) is 25.8 Å². The molecule has 0 aromatic rings. The Morgan fingerprint density at radius 1 is 1.12 bits per heavy atom. The van der Waals surface area contributed by atoms with Gasteiger partial charge in [-0.3, -0.25) is 0 Å². The molecule has 2 nitrogen and oxygen atoms in total. The molecule has 0 aromatic heterocycles. The van der Waals surface area contributed by atoms with E-state index in [0.717, 1.165) is 18.4 Å². The fourth-order valence-electron chi connectivity index (χ4n) is 3.48. The summed E-state index contributed by atoms with van der Waals surface area (Å²) in [4.78, 5) is 2.55. The second-order valence-electron chi connectivity index (χ2n) is 5.82. The molecule has 0 amide bonds. The van der Waals surface area contributed by atoms with Gasteiger partial charge >= 0.3 is 0 Å². The normalized spacial score (nSPS) is 20.1. The Morgan fingerprint density at radius 2 is 1.71 bits per heavy atom. The minimum atomic E-state index is 0.590. The first-order valence-electron chi connectivity index (χ1n) is 7.63. The van der Waals surface area contributed by atoms with Crippen LogP contribution in [0.4, 0.5) is 0 Å². The molecule has 2 heteroatoms. The van der Waals surface area contributed by atoms with E-state index in [4.69, 9.17) is 5.73 Å². The summed E-state index contributed by atoms with van der Waals surface area (Å²) in [5, 5.41) is 0. The summed E-state index contributed by atoms with van der Waals surface area (Å²) < 4.78 is 0. The van der Waals surface area contributed by atoms with Gasteiger partial charge in [0.15, 0.2) is 0 Å². The van der Waals surface area contributed by atoms with Crippen molar-refractivity contribution >= 4 is 0 Å². The van der Waals surface area contributed by atoms with Gasteiger partial charge in [0.25, 0.3) is 0 Å². The first-order chi connectivity index (χ1) is 8.22. The molecule has 1 unspecified atom stereocenters. The van der Waals surface area contributed by atoms with Crippen LogP contribution >= 0.6 is 0 Å². The summed E-state index contributed by atoms with van der Waals surface area (Å²) in [7, 11) is 2.28. The van der Waals surface area contributed by atoms with Crippen molar-refractivity contribution < 1.29 is 0 Å². The molecule has 0 bridgehead atoms. The molecule has 1 aliphatic carbocycles. The highest BCUT2D eigenvalue weighted by Gasteiger charge is 2.24. The van der Waals surface area contributed by atoms with Gasteiger partial charge in [-0.1, -0.05) is 46.0 Å². The molecule has 0 spiro atoms. The molecular formula is C15H32N2. The number of likely N-dealkylation sites (N-methyl/N-ethyl adjacent to an activating group) is 1. The van der Waals surface area contributed by atoms with E-state index in [-0.39, 0.29) is 0 Å². The van der Waals surface area contributed by atoms with Gasteiger partial charge in [0.1, 0.15) is 0 Å². The van der Waals surface area contributed by atoms with E-state index >= 15 is 0 Å². The summed E-state index contributed by atoms with van der Waals surface area (Å²) in [5.41, 5.74) is 5.99. The largest absolute Gasteiger partial charge is 0.329 e. The summed E-state index contributed by atoms with van der Waals surface area (Å²) in [6.07, 6.45) is 9.72. The standard InChI is InChI=1S/C15H32N2/c1-4-14(5-2)15(11-16)17(3)12-13-9-7-6-8-10-13/h13-15H,4-12,16H2,1-3H3. The predicted molar refractivity (Wildman–Crippen MR) is 76.1 cm³/mol. The molecule has 1 fully saturated rings. The Hall–Kier alpha value is -0.0800. The van der Waals surface area contributed by atoms with Crippen LogP contribution in [-0.4, -0.2) is 31.1 Å². The van der Waals surface area contributed by atoms with Crippen molar-refractivity contribution in [3.63, 3.8) is 0 Å². The SMILES string of the molecule is CCC(CC)C(CN)N(C)CC1CCCCC1. The number of nitrogens with zero attached hydrogens (tertiary/aromatic N) is 1. The Labute approximate surface area is 108 Å². The first-order valence-corrected chi connectivity index (χ1v) is 7.63. The van der Waals surface area contributed by atoms with Gasteiger partial charge in [0.2, 0.25) is 0 Å². The lowest BCUT2D eigenvalue weighted by Gasteiger charge is -2.36. The van der Waals surface area contributed by atoms with Crippen LogP contribution in [0.3, 0.4) is 0 Å². The van der Waals surface area contributed by atoms with E-state index in [1.165, 1.54) is 51.5 Å². The zero-order valence-electron chi connectivity index (χ0n) is 12.1. The lowest BCUT2D eigenvalue weighted by atomic mass is 9.87. The lowest BCUT2D eigenvalue weighted by molar-refractivity contribution is 0.136. The molecule has 1 aliphatic rings. The smallest absolute Gasteiger partial charge is 0.0243 e. The highest BCUT2D eigenvalue weighted by molar-refractivity contribution is 4.79. The van der Waals surface area contributed by atoms with Crippen molar-refractivity contribution in [3.05, 3.63) is 0 Å². The molecule has 0 saturated heterocycles. The number of nitrogens with two attached hydrogens (primary N) is 1. The van der Waals surface area contributed by atoms with Gasteiger partial charge < -0.3 is 10.6 Å². The third-order valence-electron chi connectivity index (χ3n) is 4.67. The molecular weight excluding hydrogens is 208 g/mol. The fraction of sp³-hybridized carbons (Fsp3) is 1.00. The van der Waals surface area contributed by atoms with E-state index in [1.807, 2.05) is 0 Å². The molecule has 2 N–H and O–H groups in total. The van der Waals surface area contributed by atoms with Crippen LogP contribution in [0.15, 0.2) is 0 Å². The molecule has 17 heavy (non-hydrogen) atoms. The highest BCUT2D eigenvalue weighted by Crippen LogP contribution is 2.26. The van der Waals surface area contributed by atoms with Crippen molar-refractivity contribution in [1.82, 2.24) is 4.90 Å². The maximum Gasteiger partial charge on any atom is 0.0243 e. The van der Waals surface area contributed by atoms with E-state index < -0.39 is 0 Å². The maximum absolute atomic E-state index is 5.99. The van der Waals surface area contributed by atoms with Crippen LogP contribution in [0, 0.1) is 11.8 Å². The van der Waals surface area contributed by atoms with Crippen LogP contribution in [0.5, 0.6) is 0 Å². The molecule has 0 aliphatic heterocycles. The second-order valence-corrected chi connectivity index (χ2v) is 5.82. The van der Waals surface area contributed by atoms with Crippen LogP contribution in [0.2, 0.25) is 0 Å². The average Bonchev–Trinajstić information content (AvgIpc) is 2.36. The number of hydrogen-bond acceptors (Lipinski definition) is 2. The zero-order valence-corrected chi connectivity index (χ0v) is 12.1. The summed E-state index contributed by atoms with van der Waals surface area (Å²) in [6, 6.07) is 0.590. The quantitative estimate of drug-likeness (QED) is 0.740. The van der Waals surface area contributed by atoms with E-state index in [0.29, 0.717) is 6.04 Å². The monoisotopic (exact) mass is 240 g/mol. The van der Waals surface area contributed by atoms with Crippen LogP contribution < -0.4 is 5.73 Å². The van der Waals surface area contributed by atoms with Gasteiger partial charge in [-0.25, -0.2) is 0 Å². The predicted octanol–water partition coefficient (Wildman–Crippen LogP) is 3.26. The Bertz CT molecular complexity index is 183. The Morgan fingerprint density at radius 3 is 2.18 bits per heavy atom. The highest BCUT2D eigenvalue weighted by atomic mass is 15.1. The van der Waals surface area contributed by atoms with Gasteiger partial charge in [-0.15, -0.1) is 0 Å². The fourth-order valence-corrected chi connectivity index (χ4v) is 3.48. The third-order valence-corrected chi connectivity index (χ3v) is 4.67. The Balaban J connectivity index is 2.43. The van der Waals surface area contributed by atoms with Crippen molar-refractivity contribution in [2.45, 2.75) is 64.8 Å². The van der Waals surface area contributed by atoms with Gasteiger partial charge in [-0.2, -0.15) is 0 Å². The summed E-state index contributed by atoms with van der Waals surface area (Å²) >= 11 is 0. The van der Waals surface area contributed by atoms with Crippen molar-refractivity contribution in [1.29, 1.82) is 0 Å². The van der Waals surface area contributed by atoms with E-state index in [1.54, 1.807) is 0 Å². The molecule has 0 aromatic carbocycles. The third kappa shape index (κ3) is 4.59. The Kier molecular flexibility index (Phi) is 7.14. The minimum Gasteiger partial charge on any atom is -0.329 e. The van der Waals surface area contributed by atoms with Crippen molar-refractivity contribution in [2.75, 3.05) is 20.1 Å². The number of rotatable bonds is 7. The van der Waals surface area contributed by atoms with E-state index in [9.17, 15) is 0 Å². The van der Waals surface area contributed by atoms with Gasteiger partial charge in [-0.05, 0) is 31.7 Å². The second kappa shape index (κ2) is 8.10. The van der Waals surface area contributed by atoms with Crippen molar-refractivity contribution in [2.24, 2.45) is 17.6 Å². The first kappa shape index (κ1) is 15.0. The van der Waals surface area contributed by atoms with Gasteiger partial charge in [0, 0.05) is 19.1 Å².